The van der Waals surface area contributed by atoms with E-state index in [0.717, 1.165) is 6.42 Å². The summed E-state index contributed by atoms with van der Waals surface area (Å²) in [6, 6.07) is 6.01. The lowest BCUT2D eigenvalue weighted by Crippen LogP contribution is -2.50. The van der Waals surface area contributed by atoms with Crippen molar-refractivity contribution in [2.75, 3.05) is 13.1 Å². The molecule has 2 atom stereocenters. The molecule has 1 rings (SSSR count). The van der Waals surface area contributed by atoms with Gasteiger partial charge < -0.3 is 16.4 Å². The Morgan fingerprint density at radius 2 is 1.91 bits per heavy atom. The molecule has 0 bridgehead atoms. The number of hydrogen-bond donors (Lipinski definition) is 3. The number of carbonyl (C=O) groups is 2. The Bertz CT molecular complexity index is 491. The van der Waals surface area contributed by atoms with E-state index in [4.69, 9.17) is 17.3 Å². The first-order valence-electron chi connectivity index (χ1n) is 7.53. The van der Waals surface area contributed by atoms with Crippen molar-refractivity contribution in [3.05, 3.63) is 34.9 Å². The summed E-state index contributed by atoms with van der Waals surface area (Å²) in [5.74, 6) is -0.421. The van der Waals surface area contributed by atoms with Crippen LogP contribution in [0.4, 0.5) is 0 Å². The van der Waals surface area contributed by atoms with Gasteiger partial charge in [-0.1, -0.05) is 31.9 Å². The average molecular weight is 326 g/mol. The lowest BCUT2D eigenvalue weighted by Gasteiger charge is -2.23. The molecule has 4 N–H and O–H groups in total. The van der Waals surface area contributed by atoms with Crippen LogP contribution in [-0.4, -0.2) is 30.9 Å². The highest BCUT2D eigenvalue weighted by atomic mass is 35.5. The molecular weight excluding hydrogens is 302 g/mol. The van der Waals surface area contributed by atoms with E-state index in [1.54, 1.807) is 24.3 Å². The van der Waals surface area contributed by atoms with Crippen molar-refractivity contribution >= 4 is 23.4 Å². The van der Waals surface area contributed by atoms with Crippen molar-refractivity contribution < 1.29 is 9.59 Å². The number of rotatable bonds is 8. The minimum absolute atomic E-state index is 0.0362. The molecule has 0 radical (unpaired) electrons. The van der Waals surface area contributed by atoms with Crippen LogP contribution in [0.25, 0.3) is 0 Å². The van der Waals surface area contributed by atoms with Crippen molar-refractivity contribution in [2.24, 2.45) is 11.7 Å². The maximum Gasteiger partial charge on any atom is 0.251 e. The first-order chi connectivity index (χ1) is 10.5. The molecule has 2 amide bonds. The molecule has 0 aliphatic heterocycles. The fraction of sp³-hybridized carbons (Fsp3) is 0.500. The summed E-state index contributed by atoms with van der Waals surface area (Å²) in [6.45, 7) is 4.96. The topological polar surface area (TPSA) is 84.2 Å². The maximum absolute atomic E-state index is 12.3. The minimum atomic E-state index is -0.564. The number of carbonyl (C=O) groups excluding carboxylic acids is 2. The highest BCUT2D eigenvalue weighted by molar-refractivity contribution is 6.30. The van der Waals surface area contributed by atoms with Crippen LogP contribution in [0.2, 0.25) is 5.02 Å². The van der Waals surface area contributed by atoms with Gasteiger partial charge in [0.05, 0.1) is 0 Å². The van der Waals surface area contributed by atoms with Crippen molar-refractivity contribution in [1.29, 1.82) is 0 Å². The van der Waals surface area contributed by atoms with E-state index in [0.29, 0.717) is 30.1 Å². The van der Waals surface area contributed by atoms with Crippen LogP contribution in [0.3, 0.4) is 0 Å². The summed E-state index contributed by atoms with van der Waals surface area (Å²) < 4.78 is 0. The summed E-state index contributed by atoms with van der Waals surface area (Å²) in [7, 11) is 0. The Hall–Kier alpha value is -1.59. The van der Waals surface area contributed by atoms with Gasteiger partial charge in [0.25, 0.3) is 5.91 Å². The third-order valence-corrected chi connectivity index (χ3v) is 3.82. The van der Waals surface area contributed by atoms with Crippen LogP contribution in [0.5, 0.6) is 0 Å². The quantitative estimate of drug-likeness (QED) is 0.639. The summed E-state index contributed by atoms with van der Waals surface area (Å²) >= 11 is 5.81. The van der Waals surface area contributed by atoms with Gasteiger partial charge in [-0.05, 0) is 43.1 Å². The predicted molar refractivity (Wildman–Crippen MR) is 88.8 cm³/mol. The van der Waals surface area contributed by atoms with Crippen molar-refractivity contribution in [2.45, 2.75) is 32.7 Å². The van der Waals surface area contributed by atoms with Crippen LogP contribution in [0.15, 0.2) is 24.3 Å². The smallest absolute Gasteiger partial charge is 0.251 e. The Morgan fingerprint density at radius 3 is 2.45 bits per heavy atom. The zero-order valence-electron chi connectivity index (χ0n) is 13.1. The van der Waals surface area contributed by atoms with E-state index in [1.165, 1.54) is 0 Å². The highest BCUT2D eigenvalue weighted by Crippen LogP contribution is 2.12. The van der Waals surface area contributed by atoms with E-state index in [1.807, 2.05) is 13.8 Å². The lowest BCUT2D eigenvalue weighted by atomic mass is 9.98. The molecule has 0 saturated heterocycles. The Balaban J connectivity index is 2.73. The number of halogens is 1. The Labute approximate surface area is 136 Å². The molecular formula is C16H24ClN3O2. The van der Waals surface area contributed by atoms with Crippen LogP contribution in [-0.2, 0) is 4.79 Å². The number of benzene rings is 1. The first kappa shape index (κ1) is 18.5. The van der Waals surface area contributed by atoms with E-state index in [2.05, 4.69) is 10.6 Å². The fourth-order valence-electron chi connectivity index (χ4n) is 1.95. The van der Waals surface area contributed by atoms with Crippen LogP contribution in [0, 0.1) is 5.92 Å². The second kappa shape index (κ2) is 9.43. The molecule has 0 fully saturated rings. The molecule has 0 aromatic heterocycles. The van der Waals surface area contributed by atoms with Gasteiger partial charge in [0.15, 0.2) is 0 Å². The lowest BCUT2D eigenvalue weighted by molar-refractivity contribution is -0.124. The molecule has 122 valence electrons. The molecule has 6 heteroatoms. The SMILES string of the molecule is CCC(C)C(NC(=O)c1ccc(Cl)cc1)C(=O)NCCCN. The summed E-state index contributed by atoms with van der Waals surface area (Å²) in [4.78, 5) is 24.5. The van der Waals surface area contributed by atoms with Crippen LogP contribution >= 0.6 is 11.6 Å². The van der Waals surface area contributed by atoms with Crippen LogP contribution in [0.1, 0.15) is 37.0 Å². The Morgan fingerprint density at radius 1 is 1.27 bits per heavy atom. The number of nitrogens with one attached hydrogen (secondary N) is 2. The fourth-order valence-corrected chi connectivity index (χ4v) is 2.08. The third-order valence-electron chi connectivity index (χ3n) is 3.57. The predicted octanol–water partition coefficient (Wildman–Crippen LogP) is 1.95. The van der Waals surface area contributed by atoms with Gasteiger partial charge in [0.1, 0.15) is 6.04 Å². The van der Waals surface area contributed by atoms with Gasteiger partial charge in [-0.2, -0.15) is 0 Å². The largest absolute Gasteiger partial charge is 0.354 e. The number of amides is 2. The van der Waals surface area contributed by atoms with Crippen molar-refractivity contribution in [3.8, 4) is 0 Å². The van der Waals surface area contributed by atoms with Gasteiger partial charge in [0, 0.05) is 17.1 Å². The molecule has 2 unspecified atom stereocenters. The highest BCUT2D eigenvalue weighted by Gasteiger charge is 2.25. The second-order valence-electron chi connectivity index (χ2n) is 5.28. The van der Waals surface area contributed by atoms with Gasteiger partial charge in [0.2, 0.25) is 5.91 Å². The van der Waals surface area contributed by atoms with Gasteiger partial charge in [-0.15, -0.1) is 0 Å². The van der Waals surface area contributed by atoms with Gasteiger partial charge >= 0.3 is 0 Å². The first-order valence-corrected chi connectivity index (χ1v) is 7.91. The number of hydrogen-bond acceptors (Lipinski definition) is 3. The standard InChI is InChI=1S/C16H24ClN3O2/c1-3-11(2)14(16(22)19-10-4-9-18)20-15(21)12-5-7-13(17)8-6-12/h5-8,11,14H,3-4,9-10,18H2,1-2H3,(H,19,22)(H,20,21). The zero-order chi connectivity index (χ0) is 16.5. The monoisotopic (exact) mass is 325 g/mol. The van der Waals surface area contributed by atoms with E-state index < -0.39 is 6.04 Å². The summed E-state index contributed by atoms with van der Waals surface area (Å²) in [5, 5.41) is 6.18. The van der Waals surface area contributed by atoms with E-state index in [9.17, 15) is 9.59 Å². The van der Waals surface area contributed by atoms with E-state index in [-0.39, 0.29) is 17.7 Å². The normalized spacial score (nSPS) is 13.3. The molecule has 1 aromatic rings. The van der Waals surface area contributed by atoms with E-state index >= 15 is 0 Å². The third kappa shape index (κ3) is 5.66. The molecule has 0 spiro atoms. The number of nitrogens with two attached hydrogens (primary N) is 1. The molecule has 22 heavy (non-hydrogen) atoms. The molecule has 0 aliphatic rings. The molecule has 1 aromatic carbocycles. The summed E-state index contributed by atoms with van der Waals surface area (Å²) in [6.07, 6.45) is 1.50. The van der Waals surface area contributed by atoms with Crippen molar-refractivity contribution in [3.63, 3.8) is 0 Å². The van der Waals surface area contributed by atoms with Gasteiger partial charge in [-0.3, -0.25) is 9.59 Å². The second-order valence-corrected chi connectivity index (χ2v) is 5.71. The van der Waals surface area contributed by atoms with Crippen molar-refractivity contribution in [1.82, 2.24) is 10.6 Å². The summed E-state index contributed by atoms with van der Waals surface area (Å²) in [5.41, 5.74) is 5.89. The molecule has 0 aliphatic carbocycles. The zero-order valence-corrected chi connectivity index (χ0v) is 13.8. The Kier molecular flexibility index (Phi) is 7.91. The van der Waals surface area contributed by atoms with Crippen LogP contribution < -0.4 is 16.4 Å². The molecule has 5 nitrogen and oxygen atoms in total. The minimum Gasteiger partial charge on any atom is -0.354 e. The average Bonchev–Trinajstić information content (AvgIpc) is 2.52. The molecule has 0 heterocycles. The maximum atomic E-state index is 12.3. The van der Waals surface area contributed by atoms with Gasteiger partial charge in [-0.25, -0.2) is 0 Å². The molecule has 0 saturated carbocycles.